The number of hydrogen-bond donors (Lipinski definition) is 0. The van der Waals surface area contributed by atoms with Gasteiger partial charge in [0, 0.05) is 5.38 Å². The molecule has 0 fully saturated rings. The smallest absolute Gasteiger partial charge is 0.235 e. The summed E-state index contributed by atoms with van der Waals surface area (Å²) in [5.41, 5.74) is 0.203. The van der Waals surface area contributed by atoms with Crippen molar-refractivity contribution in [2.45, 2.75) is 6.18 Å². The van der Waals surface area contributed by atoms with E-state index in [0.717, 1.165) is 35.0 Å². The van der Waals surface area contributed by atoms with Gasteiger partial charge in [0.05, 0.1) is 27.0 Å². The third-order valence-corrected chi connectivity index (χ3v) is 4.33. The van der Waals surface area contributed by atoms with Gasteiger partial charge in [-0.25, -0.2) is 4.98 Å². The highest BCUT2D eigenvalue weighted by molar-refractivity contribution is 7.19. The molecule has 0 atom stereocenters. The second-order valence-corrected chi connectivity index (χ2v) is 5.84. The van der Waals surface area contributed by atoms with Crippen molar-refractivity contribution in [3.63, 3.8) is 0 Å². The summed E-state index contributed by atoms with van der Waals surface area (Å²) in [4.78, 5) is 4.12. The van der Waals surface area contributed by atoms with Crippen molar-refractivity contribution < 1.29 is 13.2 Å². The zero-order valence-corrected chi connectivity index (χ0v) is 12.3. The fourth-order valence-corrected chi connectivity index (χ4v) is 3.07. The van der Waals surface area contributed by atoms with Crippen molar-refractivity contribution in [3.05, 3.63) is 39.8 Å². The van der Waals surface area contributed by atoms with Gasteiger partial charge in [-0.05, 0) is 35.8 Å². The Hall–Kier alpha value is -2.31. The monoisotopic (exact) mass is 338 g/mol. The molecule has 2 heterocycles. The van der Waals surface area contributed by atoms with E-state index in [1.54, 1.807) is 5.38 Å². The largest absolute Gasteiger partial charge is 0.416 e. The van der Waals surface area contributed by atoms with Crippen LogP contribution >= 0.6 is 22.9 Å². The second kappa shape index (κ2) is 5.47. The average molecular weight is 338 g/mol. The minimum atomic E-state index is -4.42. The van der Waals surface area contributed by atoms with E-state index in [1.807, 2.05) is 6.07 Å². The van der Waals surface area contributed by atoms with Crippen LogP contribution in [-0.2, 0) is 6.18 Å². The molecule has 3 aromatic rings. The lowest BCUT2D eigenvalue weighted by Gasteiger charge is -2.04. The zero-order valence-electron chi connectivity index (χ0n) is 10.6. The van der Waals surface area contributed by atoms with Crippen LogP contribution in [0, 0.1) is 11.3 Å². The molecule has 110 valence electrons. The Labute approximate surface area is 130 Å². The van der Waals surface area contributed by atoms with Crippen LogP contribution in [0.1, 0.15) is 16.3 Å². The highest BCUT2D eigenvalue weighted by atomic mass is 32.1. The quantitative estimate of drug-likeness (QED) is 0.656. The van der Waals surface area contributed by atoms with E-state index in [9.17, 15) is 18.4 Å². The summed E-state index contributed by atoms with van der Waals surface area (Å²) in [6, 6.07) is 5.33. The van der Waals surface area contributed by atoms with Gasteiger partial charge in [0.1, 0.15) is 11.1 Å². The summed E-state index contributed by atoms with van der Waals surface area (Å²) in [6.07, 6.45) is -2.91. The number of fused-ring (bicyclic) bond motifs is 1. The summed E-state index contributed by atoms with van der Waals surface area (Å²) in [6.45, 7) is 0. The van der Waals surface area contributed by atoms with Crippen LogP contribution < -0.4 is 0 Å². The molecule has 0 saturated carbocycles. The number of nitriles is 1. The number of allylic oxidation sites excluding steroid dienone is 1. The first-order valence-electron chi connectivity index (χ1n) is 5.84. The molecule has 9 heteroatoms. The maximum Gasteiger partial charge on any atom is 0.416 e. The van der Waals surface area contributed by atoms with E-state index in [0.29, 0.717) is 15.4 Å². The van der Waals surface area contributed by atoms with Gasteiger partial charge in [-0.2, -0.15) is 18.4 Å². The highest BCUT2D eigenvalue weighted by Crippen LogP contribution is 2.34. The molecule has 3 rings (SSSR count). The summed E-state index contributed by atoms with van der Waals surface area (Å²) >= 11 is 2.30. The molecule has 0 bridgehead atoms. The van der Waals surface area contributed by atoms with Crippen molar-refractivity contribution in [1.82, 2.24) is 14.6 Å². The zero-order chi connectivity index (χ0) is 15.7. The normalized spacial score (nSPS) is 12.5. The summed E-state index contributed by atoms with van der Waals surface area (Å²) in [5.74, 6) is 0. The van der Waals surface area contributed by atoms with Gasteiger partial charge < -0.3 is 0 Å². The second-order valence-electron chi connectivity index (χ2n) is 4.20. The molecule has 0 spiro atoms. The lowest BCUT2D eigenvalue weighted by molar-refractivity contribution is -0.137. The van der Waals surface area contributed by atoms with Gasteiger partial charge in [-0.1, -0.05) is 4.49 Å². The Morgan fingerprint density at radius 3 is 2.77 bits per heavy atom. The predicted molar refractivity (Wildman–Crippen MR) is 78.0 cm³/mol. The Morgan fingerprint density at radius 1 is 1.32 bits per heavy atom. The van der Waals surface area contributed by atoms with Gasteiger partial charge in [-0.3, -0.25) is 0 Å². The molecular formula is C13H5F3N4S2. The predicted octanol–water partition coefficient (Wildman–Crippen LogP) is 4.23. The molecule has 0 N–H and O–H groups in total. The first-order valence-corrected chi connectivity index (χ1v) is 7.50. The standard InChI is InChI=1S/C13H5F3N4S2/c14-13(15,16)8-1-2-11-10(4-8)18-12(22-11)7(5-17)3-9-6-21-20-19-9/h1-4,6H. The van der Waals surface area contributed by atoms with Gasteiger partial charge in [0.25, 0.3) is 0 Å². The molecule has 0 radical (unpaired) electrons. The lowest BCUT2D eigenvalue weighted by atomic mass is 10.2. The Morgan fingerprint density at radius 2 is 2.14 bits per heavy atom. The summed E-state index contributed by atoms with van der Waals surface area (Å²) in [5, 5.41) is 15.0. The number of hydrogen-bond acceptors (Lipinski definition) is 6. The Balaban J connectivity index is 2.07. The van der Waals surface area contributed by atoms with Gasteiger partial charge in [0.2, 0.25) is 0 Å². The molecule has 0 aliphatic rings. The molecule has 4 nitrogen and oxygen atoms in total. The third kappa shape index (κ3) is 2.84. The van der Waals surface area contributed by atoms with E-state index < -0.39 is 11.7 Å². The molecule has 2 aromatic heterocycles. The van der Waals surface area contributed by atoms with Crippen molar-refractivity contribution in [2.75, 3.05) is 0 Å². The maximum absolute atomic E-state index is 12.7. The number of benzene rings is 1. The minimum absolute atomic E-state index is 0.215. The van der Waals surface area contributed by atoms with Crippen LogP contribution in [0.4, 0.5) is 13.2 Å². The van der Waals surface area contributed by atoms with Gasteiger partial charge in [0.15, 0.2) is 0 Å². The number of thiazole rings is 1. The number of aromatic nitrogens is 3. The number of rotatable bonds is 2. The van der Waals surface area contributed by atoms with E-state index in [2.05, 4.69) is 14.6 Å². The summed E-state index contributed by atoms with van der Waals surface area (Å²) in [7, 11) is 0. The maximum atomic E-state index is 12.7. The van der Waals surface area contributed by atoms with E-state index in [-0.39, 0.29) is 11.1 Å². The van der Waals surface area contributed by atoms with E-state index >= 15 is 0 Å². The molecule has 1 aromatic carbocycles. The van der Waals surface area contributed by atoms with Gasteiger partial charge >= 0.3 is 6.18 Å². The van der Waals surface area contributed by atoms with Crippen molar-refractivity contribution in [2.24, 2.45) is 0 Å². The molecule has 0 amide bonds. The van der Waals surface area contributed by atoms with Gasteiger partial charge in [-0.15, -0.1) is 16.4 Å². The minimum Gasteiger partial charge on any atom is -0.235 e. The number of alkyl halides is 3. The lowest BCUT2D eigenvalue weighted by Crippen LogP contribution is -2.03. The highest BCUT2D eigenvalue weighted by Gasteiger charge is 2.30. The number of nitrogens with zero attached hydrogens (tertiary/aromatic N) is 4. The first-order chi connectivity index (χ1) is 10.5. The summed E-state index contributed by atoms with van der Waals surface area (Å²) < 4.78 is 42.4. The fourth-order valence-electron chi connectivity index (χ4n) is 1.74. The fraction of sp³-hybridized carbons (Fsp3) is 0.0769. The van der Waals surface area contributed by atoms with Crippen molar-refractivity contribution in [3.8, 4) is 6.07 Å². The van der Waals surface area contributed by atoms with Crippen LogP contribution in [0.3, 0.4) is 0 Å². The molecule has 0 aliphatic heterocycles. The molecule has 0 saturated heterocycles. The number of halogens is 3. The van der Waals surface area contributed by atoms with Crippen LogP contribution in [0.25, 0.3) is 21.9 Å². The topological polar surface area (TPSA) is 62.5 Å². The molecule has 22 heavy (non-hydrogen) atoms. The van der Waals surface area contributed by atoms with Crippen LogP contribution in [0.15, 0.2) is 23.6 Å². The van der Waals surface area contributed by atoms with E-state index in [1.165, 1.54) is 12.1 Å². The Kier molecular flexibility index (Phi) is 3.64. The SMILES string of the molecule is N#CC(=Cc1csnn1)c1nc2cc(C(F)(F)F)ccc2s1. The molecular weight excluding hydrogens is 333 g/mol. The third-order valence-electron chi connectivity index (χ3n) is 2.73. The molecule has 0 unspecified atom stereocenters. The molecule has 0 aliphatic carbocycles. The van der Waals surface area contributed by atoms with Crippen LogP contribution in [0.5, 0.6) is 0 Å². The average Bonchev–Trinajstić information content (AvgIpc) is 3.11. The first kappa shape index (κ1) is 14.6. The van der Waals surface area contributed by atoms with Crippen LogP contribution in [0.2, 0.25) is 0 Å². The van der Waals surface area contributed by atoms with Crippen molar-refractivity contribution in [1.29, 1.82) is 5.26 Å². The van der Waals surface area contributed by atoms with Crippen molar-refractivity contribution >= 4 is 44.7 Å². The van der Waals surface area contributed by atoms with Crippen LogP contribution in [-0.4, -0.2) is 14.6 Å². The van der Waals surface area contributed by atoms with E-state index in [4.69, 9.17) is 0 Å². The Bertz CT molecular complexity index is 888.